The molecule has 1 aromatic carbocycles. The van der Waals surface area contributed by atoms with E-state index >= 15 is 0 Å². The highest BCUT2D eigenvalue weighted by molar-refractivity contribution is 5.75. The van der Waals surface area contributed by atoms with Gasteiger partial charge in [0.2, 0.25) is 5.91 Å². The summed E-state index contributed by atoms with van der Waals surface area (Å²) in [6.45, 7) is 0.346. The fourth-order valence-corrected chi connectivity index (χ4v) is 1.49. The topological polar surface area (TPSA) is 84.9 Å². The van der Waals surface area contributed by atoms with Crippen molar-refractivity contribution in [1.82, 2.24) is 5.32 Å². The third-order valence-electron chi connectivity index (χ3n) is 2.41. The van der Waals surface area contributed by atoms with Gasteiger partial charge in [0.15, 0.2) is 0 Å². The number of hydrogen-bond donors (Lipinski definition) is 2. The van der Waals surface area contributed by atoms with Crippen molar-refractivity contribution in [3.05, 3.63) is 30.1 Å². The van der Waals surface area contributed by atoms with Crippen LogP contribution in [0.5, 0.6) is 5.75 Å². The van der Waals surface area contributed by atoms with Crippen LogP contribution in [0.15, 0.2) is 24.3 Å². The fourth-order valence-electron chi connectivity index (χ4n) is 1.49. The minimum absolute atomic E-state index is 0.151. The Balaban J connectivity index is 2.02. The number of carboxylic acid groups (broad SMARTS) is 1. The number of benzene rings is 1. The summed E-state index contributed by atoms with van der Waals surface area (Å²) in [6.07, 6.45) is 0.770. The lowest BCUT2D eigenvalue weighted by Crippen LogP contribution is -2.28. The van der Waals surface area contributed by atoms with Gasteiger partial charge in [-0.05, 0) is 18.6 Å². The summed E-state index contributed by atoms with van der Waals surface area (Å²) < 4.78 is 22.9. The van der Waals surface area contributed by atoms with Gasteiger partial charge in [-0.25, -0.2) is 9.18 Å². The lowest BCUT2D eigenvalue weighted by molar-refractivity contribution is -0.142. The van der Waals surface area contributed by atoms with Gasteiger partial charge >= 0.3 is 5.97 Å². The predicted octanol–water partition coefficient (Wildman–Crippen LogP) is 1.20. The number of nitrogens with one attached hydrogen (secondary N) is 1. The van der Waals surface area contributed by atoms with Crippen molar-refractivity contribution >= 4 is 11.9 Å². The third kappa shape index (κ3) is 8.59. The highest BCUT2D eigenvalue weighted by Gasteiger charge is 2.02. The molecule has 21 heavy (non-hydrogen) atoms. The van der Waals surface area contributed by atoms with Gasteiger partial charge in [0, 0.05) is 19.0 Å². The number of aliphatic carboxylic acids is 1. The van der Waals surface area contributed by atoms with Gasteiger partial charge < -0.3 is 19.9 Å². The molecule has 0 bridgehead atoms. The van der Waals surface area contributed by atoms with Crippen LogP contribution in [-0.2, 0) is 14.3 Å². The van der Waals surface area contributed by atoms with E-state index in [1.807, 2.05) is 0 Å². The SMILES string of the molecule is O=C(O)COCCNC(=O)CCCOc1cccc(F)c1. The Morgan fingerprint density at radius 1 is 1.29 bits per heavy atom. The van der Waals surface area contributed by atoms with Crippen molar-refractivity contribution in [1.29, 1.82) is 0 Å². The molecule has 0 aromatic heterocycles. The number of ether oxygens (including phenoxy) is 2. The van der Waals surface area contributed by atoms with Gasteiger partial charge in [-0.3, -0.25) is 4.79 Å². The number of carbonyl (C=O) groups is 2. The Morgan fingerprint density at radius 2 is 2.10 bits per heavy atom. The van der Waals surface area contributed by atoms with Crippen LogP contribution in [0.2, 0.25) is 0 Å². The van der Waals surface area contributed by atoms with Crippen molar-refractivity contribution < 1.29 is 28.6 Å². The molecule has 1 rings (SSSR count). The predicted molar refractivity (Wildman–Crippen MR) is 72.6 cm³/mol. The van der Waals surface area contributed by atoms with E-state index in [2.05, 4.69) is 5.32 Å². The zero-order valence-corrected chi connectivity index (χ0v) is 11.5. The van der Waals surface area contributed by atoms with Gasteiger partial charge in [0.25, 0.3) is 0 Å². The molecule has 0 radical (unpaired) electrons. The first-order valence-electron chi connectivity index (χ1n) is 6.52. The van der Waals surface area contributed by atoms with Gasteiger partial charge in [0.05, 0.1) is 13.2 Å². The lowest BCUT2D eigenvalue weighted by atomic mass is 10.3. The normalized spacial score (nSPS) is 10.1. The first kappa shape index (κ1) is 16.9. The number of rotatable bonds is 10. The van der Waals surface area contributed by atoms with Crippen LogP contribution < -0.4 is 10.1 Å². The molecule has 0 atom stereocenters. The van der Waals surface area contributed by atoms with Crippen molar-refractivity contribution in [2.45, 2.75) is 12.8 Å². The first-order chi connectivity index (χ1) is 10.1. The average molecular weight is 299 g/mol. The standard InChI is InChI=1S/C14H18FNO5/c15-11-3-1-4-12(9-11)21-7-2-5-13(17)16-6-8-20-10-14(18)19/h1,3-4,9H,2,5-8,10H2,(H,16,17)(H,18,19). The second-order valence-electron chi connectivity index (χ2n) is 4.21. The summed E-state index contributed by atoms with van der Waals surface area (Å²) in [5.74, 6) is -1.16. The van der Waals surface area contributed by atoms with Crippen molar-refractivity contribution in [2.24, 2.45) is 0 Å². The van der Waals surface area contributed by atoms with E-state index in [-0.39, 0.29) is 37.9 Å². The van der Waals surface area contributed by atoms with E-state index in [0.29, 0.717) is 18.8 Å². The molecule has 1 aromatic rings. The molecule has 7 heteroatoms. The lowest BCUT2D eigenvalue weighted by Gasteiger charge is -2.07. The second kappa shape index (κ2) is 9.71. The minimum atomic E-state index is -1.05. The molecular weight excluding hydrogens is 281 g/mol. The second-order valence-corrected chi connectivity index (χ2v) is 4.21. The van der Waals surface area contributed by atoms with Crippen LogP contribution in [0.1, 0.15) is 12.8 Å². The Labute approximate surface area is 121 Å². The summed E-state index contributed by atoms with van der Waals surface area (Å²) in [5.41, 5.74) is 0. The summed E-state index contributed by atoms with van der Waals surface area (Å²) in [5, 5.41) is 10.9. The molecule has 0 aliphatic heterocycles. The maximum atomic E-state index is 12.9. The number of hydrogen-bond acceptors (Lipinski definition) is 4. The minimum Gasteiger partial charge on any atom is -0.493 e. The Bertz CT molecular complexity index is 466. The van der Waals surface area contributed by atoms with Gasteiger partial charge in [-0.15, -0.1) is 0 Å². The quantitative estimate of drug-likeness (QED) is 0.634. The summed E-state index contributed by atoms with van der Waals surface area (Å²) >= 11 is 0. The summed E-state index contributed by atoms with van der Waals surface area (Å²) in [7, 11) is 0. The molecule has 0 aliphatic rings. The maximum absolute atomic E-state index is 12.9. The number of carboxylic acids is 1. The number of amides is 1. The summed E-state index contributed by atoms with van der Waals surface area (Å²) in [6, 6.07) is 5.80. The number of carbonyl (C=O) groups excluding carboxylic acids is 1. The molecule has 2 N–H and O–H groups in total. The highest BCUT2D eigenvalue weighted by Crippen LogP contribution is 2.12. The Kier molecular flexibility index (Phi) is 7.81. The monoisotopic (exact) mass is 299 g/mol. The van der Waals surface area contributed by atoms with Crippen LogP contribution >= 0.6 is 0 Å². The van der Waals surface area contributed by atoms with E-state index in [9.17, 15) is 14.0 Å². The van der Waals surface area contributed by atoms with E-state index in [1.165, 1.54) is 12.1 Å². The van der Waals surface area contributed by atoms with Gasteiger partial charge in [-0.1, -0.05) is 6.07 Å². The van der Waals surface area contributed by atoms with E-state index in [1.54, 1.807) is 12.1 Å². The zero-order chi connectivity index (χ0) is 15.5. The first-order valence-corrected chi connectivity index (χ1v) is 6.52. The van der Waals surface area contributed by atoms with Crippen LogP contribution in [0, 0.1) is 5.82 Å². The van der Waals surface area contributed by atoms with Crippen molar-refractivity contribution in [2.75, 3.05) is 26.4 Å². The largest absolute Gasteiger partial charge is 0.493 e. The summed E-state index contributed by atoms with van der Waals surface area (Å²) in [4.78, 5) is 21.6. The van der Waals surface area contributed by atoms with E-state index in [4.69, 9.17) is 14.6 Å². The molecule has 0 aliphatic carbocycles. The molecular formula is C14H18FNO5. The molecule has 6 nitrogen and oxygen atoms in total. The van der Waals surface area contributed by atoms with Crippen molar-refractivity contribution in [3.8, 4) is 5.75 Å². The fraction of sp³-hybridized carbons (Fsp3) is 0.429. The van der Waals surface area contributed by atoms with Crippen LogP contribution in [0.25, 0.3) is 0 Å². The van der Waals surface area contributed by atoms with Crippen LogP contribution in [-0.4, -0.2) is 43.3 Å². The number of halogens is 1. The molecule has 0 saturated carbocycles. The van der Waals surface area contributed by atoms with Crippen LogP contribution in [0.4, 0.5) is 4.39 Å². The van der Waals surface area contributed by atoms with Crippen LogP contribution in [0.3, 0.4) is 0 Å². The zero-order valence-electron chi connectivity index (χ0n) is 11.5. The molecule has 0 unspecified atom stereocenters. The smallest absolute Gasteiger partial charge is 0.329 e. The Hall–Kier alpha value is -2.15. The molecule has 116 valence electrons. The molecule has 0 heterocycles. The maximum Gasteiger partial charge on any atom is 0.329 e. The Morgan fingerprint density at radius 3 is 2.81 bits per heavy atom. The molecule has 0 fully saturated rings. The van der Waals surface area contributed by atoms with Gasteiger partial charge in [-0.2, -0.15) is 0 Å². The third-order valence-corrected chi connectivity index (χ3v) is 2.41. The average Bonchev–Trinajstić information content (AvgIpc) is 2.43. The molecule has 0 spiro atoms. The van der Waals surface area contributed by atoms with E-state index in [0.717, 1.165) is 0 Å². The van der Waals surface area contributed by atoms with Gasteiger partial charge in [0.1, 0.15) is 18.2 Å². The highest BCUT2D eigenvalue weighted by atomic mass is 19.1. The van der Waals surface area contributed by atoms with E-state index < -0.39 is 5.97 Å². The molecule has 0 saturated heterocycles. The van der Waals surface area contributed by atoms with Crippen molar-refractivity contribution in [3.63, 3.8) is 0 Å². The molecule has 1 amide bonds.